The number of amides is 1. The number of phenolic OH excluding ortho intramolecular Hbond substituents is 1. The van der Waals surface area contributed by atoms with Gasteiger partial charge in [-0.2, -0.15) is 0 Å². The Morgan fingerprint density at radius 3 is 2.37 bits per heavy atom. The highest BCUT2D eigenvalue weighted by Gasteiger charge is 2.22. The van der Waals surface area contributed by atoms with Crippen LogP contribution >= 0.6 is 11.6 Å². The first-order valence-electron chi connectivity index (χ1n) is 7.59. The fourth-order valence-electron chi connectivity index (χ4n) is 1.98. The summed E-state index contributed by atoms with van der Waals surface area (Å²) in [5, 5.41) is 11.7. The smallest absolute Gasteiger partial charge is 0.340 e. The van der Waals surface area contributed by atoms with E-state index in [1.54, 1.807) is 0 Å². The zero-order chi connectivity index (χ0) is 20.2. The van der Waals surface area contributed by atoms with Crippen molar-refractivity contribution in [3.63, 3.8) is 0 Å². The average molecular weight is 413 g/mol. The number of esters is 1. The van der Waals surface area contributed by atoms with E-state index in [0.29, 0.717) is 5.69 Å². The van der Waals surface area contributed by atoms with E-state index in [-0.39, 0.29) is 21.2 Å². The van der Waals surface area contributed by atoms with Gasteiger partial charge in [0.15, 0.2) is 6.61 Å². The van der Waals surface area contributed by atoms with Gasteiger partial charge in [-0.15, -0.1) is 0 Å². The second-order valence-corrected chi connectivity index (χ2v) is 8.16. The number of benzene rings is 2. The number of hydrogen-bond acceptors (Lipinski definition) is 6. The number of halogens is 1. The summed E-state index contributed by atoms with van der Waals surface area (Å²) in [7, 11) is -1.04. The van der Waals surface area contributed by atoms with Gasteiger partial charge in [0.1, 0.15) is 5.75 Å². The van der Waals surface area contributed by atoms with Gasteiger partial charge in [-0.25, -0.2) is 17.5 Å². The van der Waals surface area contributed by atoms with E-state index in [0.717, 1.165) is 10.4 Å². The largest absolute Gasteiger partial charge is 0.508 e. The zero-order valence-electron chi connectivity index (χ0n) is 14.5. The van der Waals surface area contributed by atoms with Crippen LogP contribution in [0.2, 0.25) is 5.02 Å². The number of phenols is 1. The van der Waals surface area contributed by atoms with E-state index in [4.69, 9.17) is 16.3 Å². The summed E-state index contributed by atoms with van der Waals surface area (Å²) in [6, 6.07) is 9.36. The molecule has 0 saturated heterocycles. The van der Waals surface area contributed by atoms with Crippen molar-refractivity contribution in [3.8, 4) is 5.75 Å². The standard InChI is InChI=1S/C17H17ClN2O6S/c1-20(2)27(24,25)13-7-8-15(18)14(9-13)17(23)26-10-16(22)19-11-3-5-12(21)6-4-11/h3-9,21H,10H2,1-2H3,(H,19,22). The second-order valence-electron chi connectivity index (χ2n) is 5.60. The van der Waals surface area contributed by atoms with Crippen LogP contribution in [0.3, 0.4) is 0 Å². The van der Waals surface area contributed by atoms with Crippen molar-refractivity contribution in [2.45, 2.75) is 4.90 Å². The summed E-state index contributed by atoms with van der Waals surface area (Å²) in [6.45, 7) is -0.597. The molecule has 0 atom stereocenters. The molecule has 0 heterocycles. The lowest BCUT2D eigenvalue weighted by molar-refractivity contribution is -0.119. The summed E-state index contributed by atoms with van der Waals surface area (Å²) in [5.74, 6) is -1.50. The molecule has 0 fully saturated rings. The molecule has 0 spiro atoms. The molecule has 2 aromatic carbocycles. The summed E-state index contributed by atoms with van der Waals surface area (Å²) in [6.07, 6.45) is 0. The molecule has 0 aliphatic rings. The molecule has 144 valence electrons. The Labute approximate surface area is 161 Å². The third-order valence-corrected chi connectivity index (χ3v) is 5.56. The lowest BCUT2D eigenvalue weighted by atomic mass is 10.2. The number of hydrogen-bond donors (Lipinski definition) is 2. The highest BCUT2D eigenvalue weighted by Crippen LogP contribution is 2.23. The zero-order valence-corrected chi connectivity index (χ0v) is 16.0. The van der Waals surface area contributed by atoms with E-state index in [2.05, 4.69) is 5.32 Å². The van der Waals surface area contributed by atoms with Gasteiger partial charge in [0, 0.05) is 19.8 Å². The fourth-order valence-corrected chi connectivity index (χ4v) is 3.11. The number of carbonyl (C=O) groups is 2. The first-order chi connectivity index (χ1) is 12.6. The maximum atomic E-state index is 12.2. The molecule has 2 rings (SSSR count). The van der Waals surface area contributed by atoms with E-state index in [9.17, 15) is 23.1 Å². The molecule has 0 saturated carbocycles. The molecule has 2 aromatic rings. The topological polar surface area (TPSA) is 113 Å². The number of sulfonamides is 1. The number of anilines is 1. The number of nitrogens with one attached hydrogen (secondary N) is 1. The van der Waals surface area contributed by atoms with Crippen molar-refractivity contribution in [2.75, 3.05) is 26.0 Å². The van der Waals surface area contributed by atoms with Crippen molar-refractivity contribution in [1.29, 1.82) is 0 Å². The number of nitrogens with zero attached hydrogens (tertiary/aromatic N) is 1. The molecule has 0 aliphatic heterocycles. The first-order valence-corrected chi connectivity index (χ1v) is 9.41. The minimum absolute atomic E-state index is 0.00310. The van der Waals surface area contributed by atoms with Crippen molar-refractivity contribution in [2.24, 2.45) is 0 Å². The van der Waals surface area contributed by atoms with Crippen LogP contribution in [0.15, 0.2) is 47.4 Å². The highest BCUT2D eigenvalue weighted by molar-refractivity contribution is 7.89. The normalized spacial score (nSPS) is 11.3. The van der Waals surface area contributed by atoms with Crippen LogP contribution in [0.25, 0.3) is 0 Å². The predicted molar refractivity (Wildman–Crippen MR) is 99.3 cm³/mol. The van der Waals surface area contributed by atoms with Crippen LogP contribution in [0.5, 0.6) is 5.75 Å². The predicted octanol–water partition coefficient (Wildman–Crippen LogP) is 2.09. The Hall–Kier alpha value is -2.62. The molecule has 2 N–H and O–H groups in total. The highest BCUT2D eigenvalue weighted by atomic mass is 35.5. The summed E-state index contributed by atoms with van der Waals surface area (Å²) in [4.78, 5) is 23.9. The average Bonchev–Trinajstić information content (AvgIpc) is 2.61. The molecular formula is C17H17ClN2O6S. The summed E-state index contributed by atoms with van der Waals surface area (Å²) < 4.78 is 30.2. The maximum Gasteiger partial charge on any atom is 0.340 e. The number of ether oxygens (including phenoxy) is 1. The van der Waals surface area contributed by atoms with Crippen LogP contribution < -0.4 is 5.32 Å². The van der Waals surface area contributed by atoms with Gasteiger partial charge in [-0.3, -0.25) is 4.79 Å². The molecule has 0 aliphatic carbocycles. The summed E-state index contributed by atoms with van der Waals surface area (Å²) in [5.41, 5.74) is 0.239. The quantitative estimate of drug-likeness (QED) is 0.554. The van der Waals surface area contributed by atoms with Gasteiger partial charge in [0.2, 0.25) is 10.0 Å². The second kappa shape index (κ2) is 8.38. The van der Waals surface area contributed by atoms with Gasteiger partial charge in [-0.05, 0) is 42.5 Å². The Morgan fingerprint density at radius 2 is 1.78 bits per heavy atom. The van der Waals surface area contributed by atoms with Gasteiger partial charge in [0.25, 0.3) is 5.91 Å². The van der Waals surface area contributed by atoms with Crippen molar-refractivity contribution < 1.29 is 27.9 Å². The van der Waals surface area contributed by atoms with Crippen LogP contribution in [-0.4, -0.2) is 50.4 Å². The van der Waals surface area contributed by atoms with Crippen molar-refractivity contribution in [3.05, 3.63) is 53.1 Å². The molecule has 0 radical (unpaired) electrons. The van der Waals surface area contributed by atoms with Crippen molar-refractivity contribution in [1.82, 2.24) is 4.31 Å². The maximum absolute atomic E-state index is 12.2. The minimum atomic E-state index is -3.76. The van der Waals surface area contributed by atoms with E-state index in [1.807, 2.05) is 0 Å². The number of aromatic hydroxyl groups is 1. The van der Waals surface area contributed by atoms with Gasteiger partial charge < -0.3 is 15.2 Å². The minimum Gasteiger partial charge on any atom is -0.508 e. The number of rotatable bonds is 6. The van der Waals surface area contributed by atoms with Crippen LogP contribution in [0.4, 0.5) is 5.69 Å². The Bertz CT molecular complexity index is 958. The van der Waals surface area contributed by atoms with Gasteiger partial charge in [-0.1, -0.05) is 11.6 Å². The van der Waals surface area contributed by atoms with Gasteiger partial charge >= 0.3 is 5.97 Å². The molecule has 27 heavy (non-hydrogen) atoms. The van der Waals surface area contributed by atoms with E-state index >= 15 is 0 Å². The molecule has 1 amide bonds. The Kier molecular flexibility index (Phi) is 6.42. The van der Waals surface area contributed by atoms with Crippen molar-refractivity contribution >= 4 is 39.2 Å². The molecular weight excluding hydrogens is 396 g/mol. The van der Waals surface area contributed by atoms with Gasteiger partial charge in [0.05, 0.1) is 15.5 Å². The molecule has 0 bridgehead atoms. The van der Waals surface area contributed by atoms with Crippen LogP contribution in [0.1, 0.15) is 10.4 Å². The summed E-state index contributed by atoms with van der Waals surface area (Å²) >= 11 is 5.95. The third-order valence-electron chi connectivity index (χ3n) is 3.42. The fraction of sp³-hybridized carbons (Fsp3) is 0.176. The SMILES string of the molecule is CN(C)S(=O)(=O)c1ccc(Cl)c(C(=O)OCC(=O)Nc2ccc(O)cc2)c1. The van der Waals surface area contributed by atoms with Crippen LogP contribution in [-0.2, 0) is 19.6 Å². The number of carbonyl (C=O) groups excluding carboxylic acids is 2. The monoisotopic (exact) mass is 412 g/mol. The van der Waals surface area contributed by atoms with E-state index < -0.39 is 28.5 Å². The molecule has 8 nitrogen and oxygen atoms in total. The Morgan fingerprint density at radius 1 is 1.15 bits per heavy atom. The molecule has 10 heteroatoms. The first kappa shape index (κ1) is 20.7. The van der Waals surface area contributed by atoms with E-state index in [1.165, 1.54) is 50.5 Å². The van der Waals surface area contributed by atoms with Crippen LogP contribution in [0, 0.1) is 0 Å². The lowest BCUT2D eigenvalue weighted by Gasteiger charge is -2.13. The Balaban J connectivity index is 2.07. The lowest BCUT2D eigenvalue weighted by Crippen LogP contribution is -2.23. The molecule has 0 aromatic heterocycles. The molecule has 0 unspecified atom stereocenters. The third kappa shape index (κ3) is 5.19.